The molecule has 21 heavy (non-hydrogen) atoms. The summed E-state index contributed by atoms with van der Waals surface area (Å²) in [4.78, 5) is 19.6. The van der Waals surface area contributed by atoms with E-state index in [1.54, 1.807) is 25.5 Å². The van der Waals surface area contributed by atoms with E-state index in [4.69, 9.17) is 0 Å². The Kier molecular flexibility index (Phi) is 4.92. The van der Waals surface area contributed by atoms with E-state index in [0.29, 0.717) is 12.4 Å². The summed E-state index contributed by atoms with van der Waals surface area (Å²) in [6.07, 6.45) is 7.42. The second-order valence-electron chi connectivity index (χ2n) is 5.04. The zero-order valence-corrected chi connectivity index (χ0v) is 12.3. The lowest BCUT2D eigenvalue weighted by Gasteiger charge is -2.12. The molecule has 0 saturated heterocycles. The second kappa shape index (κ2) is 6.88. The Balaban J connectivity index is 1.89. The number of hydrogen-bond donors (Lipinski definition) is 2. The molecule has 0 atom stereocenters. The molecular formula is C15H20N4O2. The Morgan fingerprint density at radius 1 is 1.38 bits per heavy atom. The third kappa shape index (κ3) is 4.05. The lowest BCUT2D eigenvalue weighted by molar-refractivity contribution is 0.0697. The topological polar surface area (TPSA) is 80.0 Å². The zero-order valence-electron chi connectivity index (χ0n) is 12.3. The van der Waals surface area contributed by atoms with E-state index >= 15 is 0 Å². The number of imidazole rings is 1. The van der Waals surface area contributed by atoms with Crippen LogP contribution in [0.4, 0.5) is 5.82 Å². The first kappa shape index (κ1) is 15.0. The van der Waals surface area contributed by atoms with Crippen LogP contribution in [0, 0.1) is 13.8 Å². The number of aromatic carboxylic acids is 1. The average Bonchev–Trinajstić information content (AvgIpc) is 2.90. The van der Waals surface area contributed by atoms with Crippen LogP contribution in [0.1, 0.15) is 34.5 Å². The number of carboxylic acid groups (broad SMARTS) is 1. The summed E-state index contributed by atoms with van der Waals surface area (Å²) in [5.41, 5.74) is 1.81. The number of carbonyl (C=O) groups is 1. The molecule has 0 fully saturated rings. The van der Waals surface area contributed by atoms with Crippen molar-refractivity contribution in [2.75, 3.05) is 11.9 Å². The SMILES string of the molecule is Cc1cc(C)c(C(=O)O)c(NCCCCn2ccnc2)n1. The van der Waals surface area contributed by atoms with Gasteiger partial charge in [-0.25, -0.2) is 14.8 Å². The van der Waals surface area contributed by atoms with Crippen molar-refractivity contribution >= 4 is 11.8 Å². The Hall–Kier alpha value is -2.37. The van der Waals surface area contributed by atoms with E-state index in [-0.39, 0.29) is 5.56 Å². The first-order valence-corrected chi connectivity index (χ1v) is 6.99. The molecule has 2 aromatic heterocycles. The molecule has 6 heteroatoms. The molecule has 0 saturated carbocycles. The molecule has 0 aliphatic rings. The Labute approximate surface area is 123 Å². The number of nitrogens with one attached hydrogen (secondary N) is 1. The summed E-state index contributed by atoms with van der Waals surface area (Å²) < 4.78 is 2.03. The molecule has 112 valence electrons. The average molecular weight is 288 g/mol. The highest BCUT2D eigenvalue weighted by Crippen LogP contribution is 2.18. The highest BCUT2D eigenvalue weighted by Gasteiger charge is 2.15. The highest BCUT2D eigenvalue weighted by atomic mass is 16.4. The number of aromatic nitrogens is 3. The van der Waals surface area contributed by atoms with Gasteiger partial charge in [-0.15, -0.1) is 0 Å². The molecule has 0 amide bonds. The Bertz CT molecular complexity index is 608. The molecule has 0 bridgehead atoms. The maximum atomic E-state index is 11.3. The van der Waals surface area contributed by atoms with E-state index in [2.05, 4.69) is 15.3 Å². The van der Waals surface area contributed by atoms with Crippen LogP contribution in [0.25, 0.3) is 0 Å². The van der Waals surface area contributed by atoms with Crippen molar-refractivity contribution in [2.24, 2.45) is 0 Å². The van der Waals surface area contributed by atoms with Crippen LogP contribution in [0.5, 0.6) is 0 Å². The van der Waals surface area contributed by atoms with Gasteiger partial charge in [0.1, 0.15) is 11.4 Å². The minimum absolute atomic E-state index is 0.259. The molecule has 0 aliphatic heterocycles. The summed E-state index contributed by atoms with van der Waals surface area (Å²) >= 11 is 0. The van der Waals surface area contributed by atoms with Gasteiger partial charge in [-0.3, -0.25) is 0 Å². The number of rotatable bonds is 7. The van der Waals surface area contributed by atoms with Gasteiger partial charge < -0.3 is 15.0 Å². The van der Waals surface area contributed by atoms with E-state index in [1.807, 2.05) is 17.7 Å². The maximum Gasteiger partial charge on any atom is 0.339 e. The standard InChI is InChI=1S/C15H20N4O2/c1-11-9-12(2)18-14(13(11)15(20)21)17-5-3-4-7-19-8-6-16-10-19/h6,8-10H,3-5,7H2,1-2H3,(H,17,18)(H,20,21). The fourth-order valence-corrected chi connectivity index (χ4v) is 2.28. The fraction of sp³-hybridized carbons (Fsp3) is 0.400. The van der Waals surface area contributed by atoms with Crippen molar-refractivity contribution < 1.29 is 9.90 Å². The zero-order chi connectivity index (χ0) is 15.2. The molecule has 0 radical (unpaired) electrons. The molecule has 2 heterocycles. The summed E-state index contributed by atoms with van der Waals surface area (Å²) in [5.74, 6) is -0.483. The molecule has 0 aliphatic carbocycles. The number of nitrogens with zero attached hydrogens (tertiary/aromatic N) is 3. The minimum Gasteiger partial charge on any atom is -0.478 e. The molecule has 0 unspecified atom stereocenters. The monoisotopic (exact) mass is 288 g/mol. The molecule has 2 N–H and O–H groups in total. The molecule has 0 aromatic carbocycles. The Morgan fingerprint density at radius 3 is 2.86 bits per heavy atom. The van der Waals surface area contributed by atoms with Crippen molar-refractivity contribution in [3.05, 3.63) is 41.6 Å². The van der Waals surface area contributed by atoms with Gasteiger partial charge in [-0.1, -0.05) is 0 Å². The van der Waals surface area contributed by atoms with Gasteiger partial charge in [-0.05, 0) is 38.3 Å². The minimum atomic E-state index is -0.944. The van der Waals surface area contributed by atoms with Crippen LogP contribution < -0.4 is 5.32 Å². The largest absolute Gasteiger partial charge is 0.478 e. The number of pyridine rings is 1. The van der Waals surface area contributed by atoms with Crippen molar-refractivity contribution in [1.82, 2.24) is 14.5 Å². The lowest BCUT2D eigenvalue weighted by Crippen LogP contribution is -2.12. The molecule has 6 nitrogen and oxygen atoms in total. The maximum absolute atomic E-state index is 11.3. The molecule has 2 rings (SSSR count). The number of aryl methyl sites for hydroxylation is 3. The van der Waals surface area contributed by atoms with Crippen molar-refractivity contribution in [2.45, 2.75) is 33.2 Å². The van der Waals surface area contributed by atoms with Crippen LogP contribution in [-0.4, -0.2) is 32.2 Å². The number of carboxylic acids is 1. The smallest absolute Gasteiger partial charge is 0.339 e. The van der Waals surface area contributed by atoms with E-state index in [0.717, 1.165) is 30.6 Å². The van der Waals surface area contributed by atoms with Gasteiger partial charge in [0, 0.05) is 31.2 Å². The molecule has 0 spiro atoms. The third-order valence-electron chi connectivity index (χ3n) is 3.25. The van der Waals surface area contributed by atoms with Crippen molar-refractivity contribution in [1.29, 1.82) is 0 Å². The second-order valence-corrected chi connectivity index (χ2v) is 5.04. The van der Waals surface area contributed by atoms with E-state index < -0.39 is 5.97 Å². The van der Waals surface area contributed by atoms with E-state index in [9.17, 15) is 9.90 Å². The summed E-state index contributed by atoms with van der Waals surface area (Å²) in [5, 5.41) is 12.4. The normalized spacial score (nSPS) is 10.6. The predicted octanol–water partition coefficient (Wildman–Crippen LogP) is 2.49. The van der Waals surface area contributed by atoms with Gasteiger partial charge in [0.2, 0.25) is 0 Å². The van der Waals surface area contributed by atoms with Gasteiger partial charge in [0.15, 0.2) is 0 Å². The van der Waals surface area contributed by atoms with Crippen LogP contribution in [0.15, 0.2) is 24.8 Å². The summed E-state index contributed by atoms with van der Waals surface area (Å²) in [7, 11) is 0. The van der Waals surface area contributed by atoms with Gasteiger partial charge in [-0.2, -0.15) is 0 Å². The third-order valence-corrected chi connectivity index (χ3v) is 3.25. The highest BCUT2D eigenvalue weighted by molar-refractivity contribution is 5.94. The van der Waals surface area contributed by atoms with Crippen LogP contribution in [0.2, 0.25) is 0 Å². The van der Waals surface area contributed by atoms with Gasteiger partial charge in [0.05, 0.1) is 6.33 Å². The number of unbranched alkanes of at least 4 members (excludes halogenated alkanes) is 1. The van der Waals surface area contributed by atoms with Gasteiger partial charge >= 0.3 is 5.97 Å². The van der Waals surface area contributed by atoms with E-state index in [1.165, 1.54) is 0 Å². The first-order chi connectivity index (χ1) is 10.1. The van der Waals surface area contributed by atoms with Crippen LogP contribution >= 0.6 is 0 Å². The quantitative estimate of drug-likeness (QED) is 0.765. The van der Waals surface area contributed by atoms with Gasteiger partial charge in [0.25, 0.3) is 0 Å². The summed E-state index contributed by atoms with van der Waals surface area (Å²) in [6, 6.07) is 1.79. The molecular weight excluding hydrogens is 268 g/mol. The van der Waals surface area contributed by atoms with Crippen molar-refractivity contribution in [3.8, 4) is 0 Å². The predicted molar refractivity (Wildman–Crippen MR) is 80.6 cm³/mol. The number of hydrogen-bond acceptors (Lipinski definition) is 4. The molecule has 2 aromatic rings. The van der Waals surface area contributed by atoms with Crippen LogP contribution in [-0.2, 0) is 6.54 Å². The fourth-order valence-electron chi connectivity index (χ4n) is 2.28. The number of anilines is 1. The summed E-state index contributed by atoms with van der Waals surface area (Å²) in [6.45, 7) is 5.27. The van der Waals surface area contributed by atoms with Crippen molar-refractivity contribution in [3.63, 3.8) is 0 Å². The van der Waals surface area contributed by atoms with Crippen LogP contribution in [0.3, 0.4) is 0 Å². The Morgan fingerprint density at radius 2 is 2.19 bits per heavy atom. The first-order valence-electron chi connectivity index (χ1n) is 6.99. The lowest BCUT2D eigenvalue weighted by atomic mass is 10.1.